The van der Waals surface area contributed by atoms with E-state index in [4.69, 9.17) is 0 Å². The van der Waals surface area contributed by atoms with Gasteiger partial charge < -0.3 is 10.2 Å². The molecule has 1 aliphatic heterocycles. The predicted molar refractivity (Wildman–Crippen MR) is 96.5 cm³/mol. The molecule has 2 aromatic carbocycles. The zero-order chi connectivity index (χ0) is 16.9. The molecule has 2 aromatic rings. The molecule has 5 nitrogen and oxygen atoms in total. The molecule has 0 spiro atoms. The highest BCUT2D eigenvalue weighted by atomic mass is 32.2. The van der Waals surface area contributed by atoms with E-state index in [1.165, 1.54) is 23.9 Å². The molecule has 0 saturated carbocycles. The average molecular weight is 342 g/mol. The van der Waals surface area contributed by atoms with E-state index in [9.17, 15) is 9.18 Å². The third-order valence-electron chi connectivity index (χ3n) is 3.42. The molecule has 24 heavy (non-hydrogen) atoms. The molecule has 1 heterocycles. The van der Waals surface area contributed by atoms with Gasteiger partial charge in [0.15, 0.2) is 5.17 Å². The number of carbonyl (C=O) groups excluding carboxylic acids is 1. The number of nitrogens with one attached hydrogen (secondary N) is 1. The lowest BCUT2D eigenvalue weighted by Crippen LogP contribution is -2.19. The lowest BCUT2D eigenvalue weighted by Gasteiger charge is -2.19. The Morgan fingerprint density at radius 2 is 2.00 bits per heavy atom. The summed E-state index contributed by atoms with van der Waals surface area (Å²) in [5.74, 6) is 0.0629. The molecule has 1 aliphatic rings. The summed E-state index contributed by atoms with van der Waals surface area (Å²) in [6.45, 7) is 0. The van der Waals surface area contributed by atoms with E-state index in [0.29, 0.717) is 10.9 Å². The van der Waals surface area contributed by atoms with Crippen molar-refractivity contribution >= 4 is 40.4 Å². The normalized spacial score (nSPS) is 15.9. The smallest absolute Gasteiger partial charge is 0.236 e. The van der Waals surface area contributed by atoms with Gasteiger partial charge in [0, 0.05) is 18.4 Å². The Hall–Kier alpha value is -2.67. The van der Waals surface area contributed by atoms with Crippen LogP contribution in [0.1, 0.15) is 5.56 Å². The van der Waals surface area contributed by atoms with Gasteiger partial charge in [0.25, 0.3) is 0 Å². The number of amidine groups is 1. The van der Waals surface area contributed by atoms with Crippen LogP contribution in [0.15, 0.2) is 58.7 Å². The van der Waals surface area contributed by atoms with Crippen molar-refractivity contribution in [2.75, 3.05) is 17.7 Å². The largest absolute Gasteiger partial charge is 0.345 e. The molecule has 122 valence electrons. The highest BCUT2D eigenvalue weighted by Gasteiger charge is 2.15. The van der Waals surface area contributed by atoms with Gasteiger partial charge in [-0.25, -0.2) is 4.39 Å². The summed E-state index contributed by atoms with van der Waals surface area (Å²) in [5.41, 5.74) is 2.59. The Balaban J connectivity index is 1.68. The highest BCUT2D eigenvalue weighted by Crippen LogP contribution is 2.24. The third kappa shape index (κ3) is 3.99. The fraction of sp³-hybridized carbons (Fsp3) is 0.118. The van der Waals surface area contributed by atoms with Crippen LogP contribution in [0.5, 0.6) is 0 Å². The quantitative estimate of drug-likeness (QED) is 0.686. The molecular weight excluding hydrogens is 327 g/mol. The van der Waals surface area contributed by atoms with Crippen molar-refractivity contribution in [3.63, 3.8) is 0 Å². The van der Waals surface area contributed by atoms with E-state index < -0.39 is 0 Å². The molecule has 0 bridgehead atoms. The first-order chi connectivity index (χ1) is 11.6. The molecular formula is C17H15FN4OS. The monoisotopic (exact) mass is 342 g/mol. The van der Waals surface area contributed by atoms with E-state index in [0.717, 1.165) is 16.9 Å². The van der Waals surface area contributed by atoms with Crippen molar-refractivity contribution < 1.29 is 9.18 Å². The van der Waals surface area contributed by atoms with E-state index >= 15 is 0 Å². The fourth-order valence-corrected chi connectivity index (χ4v) is 2.78. The van der Waals surface area contributed by atoms with E-state index in [1.54, 1.807) is 12.3 Å². The van der Waals surface area contributed by atoms with Crippen LogP contribution < -0.4 is 10.2 Å². The van der Waals surface area contributed by atoms with Gasteiger partial charge in [0.1, 0.15) is 5.82 Å². The molecule has 1 N–H and O–H groups in total. The molecule has 1 fully saturated rings. The second-order valence-electron chi connectivity index (χ2n) is 5.12. The lowest BCUT2D eigenvalue weighted by atomic mass is 10.2. The van der Waals surface area contributed by atoms with Gasteiger partial charge in [0.2, 0.25) is 5.91 Å². The number of anilines is 2. The van der Waals surface area contributed by atoms with Gasteiger partial charge >= 0.3 is 0 Å². The van der Waals surface area contributed by atoms with Gasteiger partial charge in [-0.3, -0.25) is 4.79 Å². The molecule has 7 heteroatoms. The summed E-state index contributed by atoms with van der Waals surface area (Å²) in [4.78, 5) is 12.9. The third-order valence-corrected chi connectivity index (χ3v) is 4.28. The van der Waals surface area contributed by atoms with Crippen LogP contribution in [-0.2, 0) is 4.79 Å². The minimum absolute atomic E-state index is 0.0568. The fourth-order valence-electron chi connectivity index (χ4n) is 2.15. The number of nitrogens with zero attached hydrogens (tertiary/aromatic N) is 3. The lowest BCUT2D eigenvalue weighted by molar-refractivity contribution is -0.116. The number of rotatable bonds is 4. The number of carbonyl (C=O) groups is 1. The molecule has 1 amide bonds. The number of halogens is 1. The Labute approximate surface area is 143 Å². The van der Waals surface area contributed by atoms with Gasteiger partial charge in [0.05, 0.1) is 12.0 Å². The minimum atomic E-state index is -0.265. The average Bonchev–Trinajstić information content (AvgIpc) is 3.00. The number of hydrogen-bond acceptors (Lipinski definition) is 5. The maximum absolute atomic E-state index is 13.3. The maximum atomic E-state index is 13.3. The summed E-state index contributed by atoms with van der Waals surface area (Å²) < 4.78 is 13.3. The van der Waals surface area contributed by atoms with E-state index in [2.05, 4.69) is 15.5 Å². The summed E-state index contributed by atoms with van der Waals surface area (Å²) >= 11 is 1.33. The van der Waals surface area contributed by atoms with Crippen molar-refractivity contribution in [3.05, 3.63) is 59.9 Å². The molecule has 0 radical (unpaired) electrons. The summed E-state index contributed by atoms with van der Waals surface area (Å²) in [6, 6.07) is 14.1. The van der Waals surface area contributed by atoms with Gasteiger partial charge in [-0.05, 0) is 35.9 Å². The van der Waals surface area contributed by atoms with Crippen molar-refractivity contribution in [2.45, 2.75) is 0 Å². The summed E-state index contributed by atoms with van der Waals surface area (Å²) in [5, 5.41) is 11.0. The first-order valence-corrected chi connectivity index (χ1v) is 8.23. The van der Waals surface area contributed by atoms with Crippen LogP contribution in [0.25, 0.3) is 0 Å². The molecule has 0 atom stereocenters. The Bertz CT molecular complexity index is 804. The van der Waals surface area contributed by atoms with Crippen molar-refractivity contribution in [1.82, 2.24) is 5.32 Å². The maximum Gasteiger partial charge on any atom is 0.236 e. The Morgan fingerprint density at radius 3 is 2.67 bits per heavy atom. The zero-order valence-corrected chi connectivity index (χ0v) is 13.8. The number of amides is 1. The SMILES string of the molecule is CN(c1ccc(C=NN=C2NC(=O)CS2)cc1)c1cccc(F)c1. The number of thioether (sulfide) groups is 1. The topological polar surface area (TPSA) is 57.1 Å². The van der Waals surface area contributed by atoms with E-state index in [1.807, 2.05) is 42.3 Å². The van der Waals surface area contributed by atoms with Crippen molar-refractivity contribution in [2.24, 2.45) is 10.2 Å². The second kappa shape index (κ2) is 7.27. The van der Waals surface area contributed by atoms with Crippen LogP contribution in [0.3, 0.4) is 0 Å². The van der Waals surface area contributed by atoms with Crippen LogP contribution in [0, 0.1) is 5.82 Å². The van der Waals surface area contributed by atoms with Crippen LogP contribution in [-0.4, -0.2) is 30.1 Å². The molecule has 0 aliphatic carbocycles. The second-order valence-corrected chi connectivity index (χ2v) is 6.08. The molecule has 0 unspecified atom stereocenters. The first kappa shape index (κ1) is 16.2. The van der Waals surface area contributed by atoms with Gasteiger partial charge in [-0.15, -0.1) is 5.10 Å². The van der Waals surface area contributed by atoms with E-state index in [-0.39, 0.29) is 11.7 Å². The van der Waals surface area contributed by atoms with Gasteiger partial charge in [-0.2, -0.15) is 5.10 Å². The molecule has 3 rings (SSSR count). The van der Waals surface area contributed by atoms with Crippen LogP contribution >= 0.6 is 11.8 Å². The van der Waals surface area contributed by atoms with Gasteiger partial charge in [-0.1, -0.05) is 30.0 Å². The number of benzene rings is 2. The number of hydrogen-bond donors (Lipinski definition) is 1. The summed E-state index contributed by atoms with van der Waals surface area (Å²) in [7, 11) is 1.88. The van der Waals surface area contributed by atoms with Crippen molar-refractivity contribution in [3.8, 4) is 0 Å². The van der Waals surface area contributed by atoms with Crippen molar-refractivity contribution in [1.29, 1.82) is 0 Å². The van der Waals surface area contributed by atoms with Crippen LogP contribution in [0.2, 0.25) is 0 Å². The minimum Gasteiger partial charge on any atom is -0.345 e. The standard InChI is InChI=1S/C17H15FN4OS/c1-22(15-4-2-3-13(18)9-15)14-7-5-12(6-8-14)10-19-21-17-20-16(23)11-24-17/h2-10H,11H2,1H3,(H,20,21,23). The first-order valence-electron chi connectivity index (χ1n) is 7.25. The molecule has 1 saturated heterocycles. The zero-order valence-electron chi connectivity index (χ0n) is 12.9. The highest BCUT2D eigenvalue weighted by molar-refractivity contribution is 8.15. The Kier molecular flexibility index (Phi) is 4.90. The summed E-state index contributed by atoms with van der Waals surface area (Å²) in [6.07, 6.45) is 1.62. The Morgan fingerprint density at radius 1 is 1.21 bits per heavy atom. The van der Waals surface area contributed by atoms with Crippen LogP contribution in [0.4, 0.5) is 15.8 Å². The predicted octanol–water partition coefficient (Wildman–Crippen LogP) is 3.15. The molecule has 0 aromatic heterocycles.